The lowest BCUT2D eigenvalue weighted by Crippen LogP contribution is -2.50. The summed E-state index contributed by atoms with van der Waals surface area (Å²) in [4.78, 5) is 16.6. The summed E-state index contributed by atoms with van der Waals surface area (Å²) in [7, 11) is 0. The minimum Gasteiger partial charge on any atom is -0.483 e. The van der Waals surface area contributed by atoms with Gasteiger partial charge in [0.2, 0.25) is 0 Å². The summed E-state index contributed by atoms with van der Waals surface area (Å²) in [5.41, 5.74) is 3.11. The molecule has 1 aliphatic rings. The van der Waals surface area contributed by atoms with Gasteiger partial charge in [-0.3, -0.25) is 4.79 Å². The molecule has 0 radical (unpaired) electrons. The van der Waals surface area contributed by atoms with Gasteiger partial charge in [-0.25, -0.2) is 0 Å². The molecule has 1 saturated heterocycles. The zero-order chi connectivity index (χ0) is 17.8. The largest absolute Gasteiger partial charge is 0.483 e. The van der Waals surface area contributed by atoms with E-state index in [0.717, 1.165) is 43.1 Å². The number of nitrogens with zero attached hydrogens (tertiary/aromatic N) is 2. The lowest BCUT2D eigenvalue weighted by atomic mass is 10.1. The van der Waals surface area contributed by atoms with Gasteiger partial charge in [-0.05, 0) is 49.2 Å². The second kappa shape index (κ2) is 7.79. The standard InChI is InChI=1S/C20H23ClN2O2/c1-15-12-17(21)13-16(2)20(15)25-14-19(24)23-10-8-22(9-11-23)18-6-4-3-5-7-18/h3-7,12-13H,8-11,14H2,1-2H3. The van der Waals surface area contributed by atoms with Crippen molar-refractivity contribution in [3.63, 3.8) is 0 Å². The molecule has 0 spiro atoms. The van der Waals surface area contributed by atoms with Crippen LogP contribution in [0.25, 0.3) is 0 Å². The van der Waals surface area contributed by atoms with Crippen LogP contribution in [0.1, 0.15) is 11.1 Å². The highest BCUT2D eigenvalue weighted by Gasteiger charge is 2.22. The first kappa shape index (κ1) is 17.6. The average Bonchev–Trinajstić information content (AvgIpc) is 2.61. The van der Waals surface area contributed by atoms with Crippen LogP contribution in [0.15, 0.2) is 42.5 Å². The van der Waals surface area contributed by atoms with E-state index in [4.69, 9.17) is 16.3 Å². The number of hydrogen-bond acceptors (Lipinski definition) is 3. The van der Waals surface area contributed by atoms with E-state index in [1.807, 2.05) is 49.1 Å². The summed E-state index contributed by atoms with van der Waals surface area (Å²) in [6.45, 7) is 7.07. The maximum absolute atomic E-state index is 12.5. The van der Waals surface area contributed by atoms with Gasteiger partial charge in [0.05, 0.1) is 0 Å². The number of para-hydroxylation sites is 1. The summed E-state index contributed by atoms with van der Waals surface area (Å²) >= 11 is 6.04. The summed E-state index contributed by atoms with van der Waals surface area (Å²) in [6.07, 6.45) is 0. The Kier molecular flexibility index (Phi) is 5.49. The molecule has 0 aromatic heterocycles. The Morgan fingerprint density at radius 1 is 1.04 bits per heavy atom. The van der Waals surface area contributed by atoms with Gasteiger partial charge in [-0.2, -0.15) is 0 Å². The molecule has 1 amide bonds. The van der Waals surface area contributed by atoms with Crippen LogP contribution in [0.3, 0.4) is 0 Å². The topological polar surface area (TPSA) is 32.8 Å². The van der Waals surface area contributed by atoms with Crippen LogP contribution in [0.2, 0.25) is 5.02 Å². The summed E-state index contributed by atoms with van der Waals surface area (Å²) in [5, 5.41) is 0.686. The number of anilines is 1. The predicted molar refractivity (Wildman–Crippen MR) is 102 cm³/mol. The molecule has 0 bridgehead atoms. The highest BCUT2D eigenvalue weighted by atomic mass is 35.5. The van der Waals surface area contributed by atoms with Gasteiger partial charge >= 0.3 is 0 Å². The third kappa shape index (κ3) is 4.26. The maximum Gasteiger partial charge on any atom is 0.260 e. The summed E-state index contributed by atoms with van der Waals surface area (Å²) in [5.74, 6) is 0.780. The maximum atomic E-state index is 12.5. The van der Waals surface area contributed by atoms with Gasteiger partial charge < -0.3 is 14.5 Å². The monoisotopic (exact) mass is 358 g/mol. The van der Waals surface area contributed by atoms with E-state index in [1.165, 1.54) is 5.69 Å². The second-order valence-corrected chi connectivity index (χ2v) is 6.80. The van der Waals surface area contributed by atoms with E-state index in [2.05, 4.69) is 17.0 Å². The van der Waals surface area contributed by atoms with Crippen molar-refractivity contribution in [1.29, 1.82) is 0 Å². The zero-order valence-electron chi connectivity index (χ0n) is 14.7. The van der Waals surface area contributed by atoms with E-state index in [-0.39, 0.29) is 12.5 Å². The first-order valence-corrected chi connectivity index (χ1v) is 8.89. The van der Waals surface area contributed by atoms with Crippen LogP contribution in [0.5, 0.6) is 5.75 Å². The average molecular weight is 359 g/mol. The molecule has 0 saturated carbocycles. The Bertz CT molecular complexity index is 718. The normalized spacial score (nSPS) is 14.5. The van der Waals surface area contributed by atoms with Crippen molar-refractivity contribution >= 4 is 23.2 Å². The molecule has 0 N–H and O–H groups in total. The minimum atomic E-state index is 0.0291. The lowest BCUT2D eigenvalue weighted by molar-refractivity contribution is -0.133. The van der Waals surface area contributed by atoms with Crippen molar-refractivity contribution in [3.05, 3.63) is 58.6 Å². The number of benzene rings is 2. The van der Waals surface area contributed by atoms with Crippen molar-refractivity contribution in [2.75, 3.05) is 37.7 Å². The molecule has 25 heavy (non-hydrogen) atoms. The van der Waals surface area contributed by atoms with Crippen molar-refractivity contribution in [3.8, 4) is 5.75 Å². The Labute approximate surface area is 154 Å². The smallest absolute Gasteiger partial charge is 0.260 e. The van der Waals surface area contributed by atoms with Gasteiger partial charge in [0.25, 0.3) is 5.91 Å². The van der Waals surface area contributed by atoms with E-state index in [0.29, 0.717) is 5.02 Å². The predicted octanol–water partition coefficient (Wildman–Crippen LogP) is 3.68. The number of halogens is 1. The Morgan fingerprint density at radius 3 is 2.24 bits per heavy atom. The number of carbonyl (C=O) groups is 1. The van der Waals surface area contributed by atoms with E-state index >= 15 is 0 Å². The third-order valence-corrected chi connectivity index (χ3v) is 4.74. The number of carbonyl (C=O) groups excluding carboxylic acids is 1. The molecule has 2 aromatic carbocycles. The molecular weight excluding hydrogens is 336 g/mol. The third-order valence-electron chi connectivity index (χ3n) is 4.52. The molecule has 1 fully saturated rings. The Morgan fingerprint density at radius 2 is 1.64 bits per heavy atom. The van der Waals surface area contributed by atoms with Crippen molar-refractivity contribution in [2.45, 2.75) is 13.8 Å². The van der Waals surface area contributed by atoms with E-state index < -0.39 is 0 Å². The first-order valence-electron chi connectivity index (χ1n) is 8.52. The molecule has 0 atom stereocenters. The molecular formula is C20H23ClN2O2. The number of aryl methyl sites for hydroxylation is 2. The summed E-state index contributed by atoms with van der Waals surface area (Å²) < 4.78 is 5.79. The van der Waals surface area contributed by atoms with Gasteiger partial charge in [0, 0.05) is 36.9 Å². The zero-order valence-corrected chi connectivity index (χ0v) is 15.4. The molecule has 1 heterocycles. The molecule has 1 aliphatic heterocycles. The van der Waals surface area contributed by atoms with E-state index in [9.17, 15) is 4.79 Å². The first-order chi connectivity index (χ1) is 12.0. The molecule has 0 unspecified atom stereocenters. The van der Waals surface area contributed by atoms with Crippen LogP contribution in [0.4, 0.5) is 5.69 Å². The number of amides is 1. The SMILES string of the molecule is Cc1cc(Cl)cc(C)c1OCC(=O)N1CCN(c2ccccc2)CC1. The Hall–Kier alpha value is -2.20. The fraction of sp³-hybridized carbons (Fsp3) is 0.350. The molecule has 3 rings (SSSR count). The fourth-order valence-electron chi connectivity index (χ4n) is 3.20. The Balaban J connectivity index is 1.53. The highest BCUT2D eigenvalue weighted by molar-refractivity contribution is 6.30. The fourth-order valence-corrected chi connectivity index (χ4v) is 3.53. The molecule has 4 nitrogen and oxygen atoms in total. The molecule has 2 aromatic rings. The highest BCUT2D eigenvalue weighted by Crippen LogP contribution is 2.27. The second-order valence-electron chi connectivity index (χ2n) is 6.36. The minimum absolute atomic E-state index is 0.0291. The summed E-state index contributed by atoms with van der Waals surface area (Å²) in [6, 6.07) is 14.0. The number of rotatable bonds is 4. The number of hydrogen-bond donors (Lipinski definition) is 0. The molecule has 132 valence electrons. The van der Waals surface area contributed by atoms with Crippen molar-refractivity contribution in [2.24, 2.45) is 0 Å². The number of ether oxygens (including phenoxy) is 1. The van der Waals surface area contributed by atoms with Crippen molar-refractivity contribution < 1.29 is 9.53 Å². The lowest BCUT2D eigenvalue weighted by Gasteiger charge is -2.36. The van der Waals surface area contributed by atoms with Crippen LogP contribution in [-0.4, -0.2) is 43.6 Å². The quantitative estimate of drug-likeness (QED) is 0.835. The van der Waals surface area contributed by atoms with E-state index in [1.54, 1.807) is 0 Å². The van der Waals surface area contributed by atoms with Crippen LogP contribution in [0, 0.1) is 13.8 Å². The van der Waals surface area contributed by atoms with Crippen LogP contribution >= 0.6 is 11.6 Å². The van der Waals surface area contributed by atoms with Gasteiger partial charge in [-0.1, -0.05) is 29.8 Å². The van der Waals surface area contributed by atoms with Crippen LogP contribution in [-0.2, 0) is 4.79 Å². The van der Waals surface area contributed by atoms with Gasteiger partial charge in [0.1, 0.15) is 5.75 Å². The van der Waals surface area contributed by atoms with Crippen molar-refractivity contribution in [1.82, 2.24) is 4.90 Å². The number of piperazine rings is 1. The van der Waals surface area contributed by atoms with Crippen LogP contribution < -0.4 is 9.64 Å². The molecule has 5 heteroatoms. The van der Waals surface area contributed by atoms with Gasteiger partial charge in [-0.15, -0.1) is 0 Å². The van der Waals surface area contributed by atoms with Gasteiger partial charge in [0.15, 0.2) is 6.61 Å². The molecule has 0 aliphatic carbocycles.